The summed E-state index contributed by atoms with van der Waals surface area (Å²) in [6, 6.07) is 0. The Morgan fingerprint density at radius 2 is 2.43 bits per heavy atom. The number of hydrogen-bond acceptors (Lipinski definition) is 1. The Morgan fingerprint density at radius 1 is 1.71 bits per heavy atom. The molecule has 0 aliphatic carbocycles. The van der Waals surface area contributed by atoms with Crippen LogP contribution < -0.4 is 4.98 Å². The zero-order valence-corrected chi connectivity index (χ0v) is 8.74. The predicted molar refractivity (Wildman–Crippen MR) is 41.4 cm³/mol. The predicted octanol–water partition coefficient (Wildman–Crippen LogP) is -1.26. The summed E-state index contributed by atoms with van der Waals surface area (Å²) in [7, 11) is 1.72. The largest absolute Gasteiger partial charge is 0.345 e. The van der Waals surface area contributed by atoms with Crippen LogP contribution in [0.1, 0.15) is 19.8 Å². The second kappa shape index (κ2) is 6.39. The maximum absolute atomic E-state index is 3.45. The molecule has 1 nitrogen and oxygen atoms in total. The van der Waals surface area contributed by atoms with Crippen molar-refractivity contribution >= 4 is 19.0 Å². The molecule has 0 heterocycles. The highest BCUT2D eigenvalue weighted by molar-refractivity contribution is 6.87. The lowest BCUT2D eigenvalue weighted by molar-refractivity contribution is 0.769. The minimum atomic E-state index is 0.283. The van der Waals surface area contributed by atoms with Crippen molar-refractivity contribution in [2.24, 2.45) is 0 Å². The van der Waals surface area contributed by atoms with Crippen molar-refractivity contribution in [1.29, 1.82) is 0 Å². The van der Waals surface area contributed by atoms with Crippen molar-refractivity contribution in [1.82, 2.24) is 4.98 Å². The van der Waals surface area contributed by atoms with E-state index in [-0.39, 0.29) is 9.20 Å². The van der Waals surface area contributed by atoms with Crippen molar-refractivity contribution in [3.05, 3.63) is 0 Å². The number of nitrogens with one attached hydrogen (secondary N) is 1. The van der Waals surface area contributed by atoms with Crippen LogP contribution in [0.4, 0.5) is 0 Å². The van der Waals surface area contributed by atoms with E-state index in [0.717, 1.165) is 0 Å². The van der Waals surface area contributed by atoms with Crippen LogP contribution in [-0.4, -0.2) is 25.5 Å². The van der Waals surface area contributed by atoms with E-state index < -0.39 is 0 Å². The minimum Gasteiger partial charge on any atom is -0.345 e. The summed E-state index contributed by atoms with van der Waals surface area (Å²) >= 11 is 0. The Bertz CT molecular complexity index is 28.9. The summed E-state index contributed by atoms with van der Waals surface area (Å²) in [4.78, 5) is 3.45. The van der Waals surface area contributed by atoms with Gasteiger partial charge in [-0.05, 0) is 13.0 Å². The maximum atomic E-state index is 3.45. The third kappa shape index (κ3) is 6.39. The van der Waals surface area contributed by atoms with Crippen LogP contribution in [0.15, 0.2) is 0 Å². The second-order valence-corrected chi connectivity index (χ2v) is 5.04. The first-order chi connectivity index (χ1) is 3.41. The van der Waals surface area contributed by atoms with Crippen LogP contribution >= 0.6 is 0 Å². The van der Waals surface area contributed by atoms with Gasteiger partial charge < -0.3 is 4.98 Å². The van der Waals surface area contributed by atoms with Crippen LogP contribution in [0.2, 0.25) is 0 Å². The van der Waals surface area contributed by atoms with Crippen LogP contribution in [-0.2, 0) is 0 Å². The molecular formula is C4H15NSi2. The van der Waals surface area contributed by atoms with E-state index in [1.54, 1.807) is 0 Å². The van der Waals surface area contributed by atoms with Crippen molar-refractivity contribution in [2.75, 3.05) is 6.54 Å². The van der Waals surface area contributed by atoms with E-state index in [9.17, 15) is 0 Å². The van der Waals surface area contributed by atoms with Crippen LogP contribution in [0.3, 0.4) is 0 Å². The molecule has 0 aromatic carbocycles. The summed E-state index contributed by atoms with van der Waals surface area (Å²) in [6.45, 7) is 3.52. The van der Waals surface area contributed by atoms with Crippen molar-refractivity contribution in [2.45, 2.75) is 19.8 Å². The minimum absolute atomic E-state index is 0.283. The molecule has 0 saturated heterocycles. The molecular weight excluding hydrogens is 118 g/mol. The maximum Gasteiger partial charge on any atom is 0.0721 e. The lowest BCUT2D eigenvalue weighted by atomic mass is 10.3. The van der Waals surface area contributed by atoms with E-state index in [4.69, 9.17) is 0 Å². The highest BCUT2D eigenvalue weighted by Gasteiger charge is 1.77. The quantitative estimate of drug-likeness (QED) is 0.373. The van der Waals surface area contributed by atoms with Gasteiger partial charge in [-0.25, -0.2) is 0 Å². The average molecular weight is 133 g/mol. The van der Waals surface area contributed by atoms with Gasteiger partial charge >= 0.3 is 0 Å². The van der Waals surface area contributed by atoms with Gasteiger partial charge in [-0.3, -0.25) is 0 Å². The first-order valence-electron chi connectivity index (χ1n) is 3.12. The van der Waals surface area contributed by atoms with Gasteiger partial charge in [0.25, 0.3) is 0 Å². The first-order valence-corrected chi connectivity index (χ1v) is 9.49. The van der Waals surface area contributed by atoms with Crippen LogP contribution in [0, 0.1) is 0 Å². The molecule has 0 radical (unpaired) electrons. The monoisotopic (exact) mass is 133 g/mol. The van der Waals surface area contributed by atoms with Gasteiger partial charge in [-0.15, -0.1) is 0 Å². The fourth-order valence-corrected chi connectivity index (χ4v) is 2.14. The molecule has 0 bridgehead atoms. The topological polar surface area (TPSA) is 12.0 Å². The molecule has 0 atom stereocenters. The van der Waals surface area contributed by atoms with Crippen LogP contribution in [0.25, 0.3) is 0 Å². The Hall–Kier alpha value is 0.394. The molecule has 0 amide bonds. The number of hydrogen-bond donors (Lipinski definition) is 1. The molecule has 0 rings (SSSR count). The van der Waals surface area contributed by atoms with E-state index >= 15 is 0 Å². The summed E-state index contributed by atoms with van der Waals surface area (Å²) in [5.41, 5.74) is 0. The fourth-order valence-electron chi connectivity index (χ4n) is 0.479. The molecule has 1 N–H and O–H groups in total. The molecule has 0 fully saturated rings. The van der Waals surface area contributed by atoms with Crippen molar-refractivity contribution < 1.29 is 0 Å². The van der Waals surface area contributed by atoms with E-state index in [1.165, 1.54) is 29.1 Å². The third-order valence-corrected chi connectivity index (χ3v) is 3.31. The summed E-state index contributed by atoms with van der Waals surface area (Å²) in [5.74, 6) is 0. The highest BCUT2D eigenvalue weighted by atomic mass is 29.1. The lowest BCUT2D eigenvalue weighted by Gasteiger charge is -1.94. The normalized spacial score (nSPS) is 11.6. The number of rotatable bonds is 4. The van der Waals surface area contributed by atoms with Crippen molar-refractivity contribution in [3.63, 3.8) is 0 Å². The Balaban J connectivity index is 2.45. The smallest absolute Gasteiger partial charge is 0.0721 e. The Kier molecular flexibility index (Phi) is 6.75. The molecule has 0 aromatic rings. The standard InChI is InChI=1S/C4H15NSi2/c1-2-3-4-5-7-6/h5H,2-4,7H2,1,6H3. The molecule has 0 spiro atoms. The molecule has 0 saturated carbocycles. The van der Waals surface area contributed by atoms with Gasteiger partial charge in [0.05, 0.1) is 9.20 Å². The summed E-state index contributed by atoms with van der Waals surface area (Å²) < 4.78 is 0. The first kappa shape index (κ1) is 7.39. The summed E-state index contributed by atoms with van der Waals surface area (Å²) in [6.07, 6.45) is 2.71. The van der Waals surface area contributed by atoms with Gasteiger partial charge in [-0.1, -0.05) is 13.3 Å². The van der Waals surface area contributed by atoms with Gasteiger partial charge in [0.15, 0.2) is 0 Å². The molecule has 0 aromatic heterocycles. The van der Waals surface area contributed by atoms with E-state index in [1.807, 2.05) is 0 Å². The van der Waals surface area contributed by atoms with Gasteiger partial charge in [0.2, 0.25) is 0 Å². The third-order valence-electron chi connectivity index (χ3n) is 0.957. The Morgan fingerprint density at radius 3 is 2.86 bits per heavy atom. The molecule has 7 heavy (non-hydrogen) atoms. The average Bonchev–Trinajstić information content (AvgIpc) is 1.69. The SMILES string of the molecule is CCCCN[SiH2][SiH3]. The van der Waals surface area contributed by atoms with E-state index in [0.29, 0.717) is 0 Å². The van der Waals surface area contributed by atoms with Crippen molar-refractivity contribution in [3.8, 4) is 0 Å². The van der Waals surface area contributed by atoms with Gasteiger partial charge in [-0.2, -0.15) is 0 Å². The number of unbranched alkanes of at least 4 members (excludes halogenated alkanes) is 1. The lowest BCUT2D eigenvalue weighted by Crippen LogP contribution is -2.19. The van der Waals surface area contributed by atoms with Gasteiger partial charge in [0, 0.05) is 9.76 Å². The van der Waals surface area contributed by atoms with Gasteiger partial charge in [0.1, 0.15) is 0 Å². The molecule has 0 aliphatic rings. The van der Waals surface area contributed by atoms with Crippen LogP contribution in [0.5, 0.6) is 0 Å². The zero-order chi connectivity index (χ0) is 5.54. The Labute approximate surface area is 51.0 Å². The second-order valence-electron chi connectivity index (χ2n) is 1.71. The fraction of sp³-hybridized carbons (Fsp3) is 1.00. The van der Waals surface area contributed by atoms with E-state index in [2.05, 4.69) is 11.9 Å². The molecule has 0 unspecified atom stereocenters. The molecule has 44 valence electrons. The molecule has 3 heteroatoms. The highest BCUT2D eigenvalue weighted by Crippen LogP contribution is 1.79. The molecule has 0 aliphatic heterocycles. The summed E-state index contributed by atoms with van der Waals surface area (Å²) in [5, 5.41) is 0. The zero-order valence-electron chi connectivity index (χ0n) is 5.33.